The summed E-state index contributed by atoms with van der Waals surface area (Å²) in [4.78, 5) is 16.2. The molecule has 29 heavy (non-hydrogen) atoms. The van der Waals surface area contributed by atoms with Crippen LogP contribution in [0.1, 0.15) is 48.3 Å². The summed E-state index contributed by atoms with van der Waals surface area (Å²) in [5, 5.41) is 3.73. The lowest BCUT2D eigenvalue weighted by Gasteiger charge is -2.25. The third-order valence-corrected chi connectivity index (χ3v) is 6.22. The van der Waals surface area contributed by atoms with Gasteiger partial charge in [-0.25, -0.2) is 22.3 Å². The molecule has 1 aliphatic rings. The molecule has 1 aliphatic carbocycles. The lowest BCUT2D eigenvalue weighted by atomic mass is 9.79. The van der Waals surface area contributed by atoms with Crippen molar-refractivity contribution in [2.75, 3.05) is 12.9 Å². The van der Waals surface area contributed by atoms with Crippen LogP contribution in [0.15, 0.2) is 27.2 Å². The molecule has 8 nitrogen and oxygen atoms in total. The molecular formula is C18H21BrFN3O5S. The van der Waals surface area contributed by atoms with Crippen molar-refractivity contribution in [3.05, 3.63) is 45.8 Å². The van der Waals surface area contributed by atoms with Crippen LogP contribution in [0.2, 0.25) is 0 Å². The molecule has 1 heterocycles. The molecule has 0 unspecified atom stereocenters. The topological polar surface area (TPSA) is 111 Å². The Morgan fingerprint density at radius 2 is 2.24 bits per heavy atom. The number of halogens is 2. The summed E-state index contributed by atoms with van der Waals surface area (Å²) in [6.07, 6.45) is 3.04. The van der Waals surface area contributed by atoms with E-state index in [1.165, 1.54) is 6.07 Å². The molecule has 3 rings (SSSR count). The smallest absolute Gasteiger partial charge is 0.379 e. The summed E-state index contributed by atoms with van der Waals surface area (Å²) in [7, 11) is -3.39. The van der Waals surface area contributed by atoms with E-state index in [9.17, 15) is 17.6 Å². The molecule has 0 spiro atoms. The van der Waals surface area contributed by atoms with E-state index in [1.54, 1.807) is 19.1 Å². The van der Waals surface area contributed by atoms with Crippen molar-refractivity contribution in [1.29, 1.82) is 0 Å². The van der Waals surface area contributed by atoms with Crippen LogP contribution < -0.4 is 4.72 Å². The van der Waals surface area contributed by atoms with Crippen molar-refractivity contribution in [2.45, 2.75) is 44.1 Å². The van der Waals surface area contributed by atoms with Gasteiger partial charge in [-0.3, -0.25) is 0 Å². The zero-order valence-electron chi connectivity index (χ0n) is 15.9. The van der Waals surface area contributed by atoms with Gasteiger partial charge in [-0.1, -0.05) is 6.07 Å². The van der Waals surface area contributed by atoms with E-state index in [0.29, 0.717) is 30.2 Å². The van der Waals surface area contributed by atoms with Gasteiger partial charge in [0.1, 0.15) is 5.82 Å². The van der Waals surface area contributed by atoms with Crippen LogP contribution in [0.5, 0.6) is 0 Å². The standard InChI is InChI=1S/C18H21BrFN3O5S/c1-3-27-16(24)15-21-17(28-22-15)18(7-6-12(10-18)23-29(2,25)26)9-11-4-5-14(20)13(19)8-11/h4-5,8,12,23H,3,6-7,9-10H2,1-2H3/t12-,18+/m0/s1. The molecule has 0 saturated heterocycles. The maximum Gasteiger partial charge on any atom is 0.379 e. The highest BCUT2D eigenvalue weighted by atomic mass is 79.9. The summed E-state index contributed by atoms with van der Waals surface area (Å²) in [6, 6.07) is 4.36. The minimum absolute atomic E-state index is 0.178. The van der Waals surface area contributed by atoms with Crippen molar-refractivity contribution in [2.24, 2.45) is 0 Å². The van der Waals surface area contributed by atoms with E-state index < -0.39 is 21.4 Å². The molecule has 0 radical (unpaired) electrons. The number of benzene rings is 1. The molecule has 0 amide bonds. The number of ether oxygens (including phenoxy) is 1. The third-order valence-electron chi connectivity index (χ3n) is 4.85. The van der Waals surface area contributed by atoms with Crippen LogP contribution >= 0.6 is 15.9 Å². The van der Waals surface area contributed by atoms with E-state index in [4.69, 9.17) is 9.26 Å². The fraction of sp³-hybridized carbons (Fsp3) is 0.500. The Hall–Kier alpha value is -1.85. The van der Waals surface area contributed by atoms with Gasteiger partial charge in [-0.2, -0.15) is 4.98 Å². The molecule has 1 N–H and O–H groups in total. The second-order valence-corrected chi connectivity index (χ2v) is 9.81. The number of rotatable bonds is 7. The molecule has 11 heteroatoms. The Kier molecular flexibility index (Phi) is 6.39. The van der Waals surface area contributed by atoms with E-state index >= 15 is 0 Å². The van der Waals surface area contributed by atoms with Gasteiger partial charge in [0, 0.05) is 6.04 Å². The molecule has 1 aromatic carbocycles. The SMILES string of the molecule is CCOC(=O)c1noc([C@@]2(Cc3ccc(F)c(Br)c3)CC[C@H](NS(C)(=O)=O)C2)n1. The summed E-state index contributed by atoms with van der Waals surface area (Å²) in [5.41, 5.74) is 0.117. The monoisotopic (exact) mass is 489 g/mol. The highest BCUT2D eigenvalue weighted by Gasteiger charge is 2.46. The molecule has 0 bridgehead atoms. The van der Waals surface area contributed by atoms with Gasteiger partial charge in [0.25, 0.3) is 5.82 Å². The van der Waals surface area contributed by atoms with Gasteiger partial charge in [0.15, 0.2) is 0 Å². The summed E-state index contributed by atoms with van der Waals surface area (Å²) >= 11 is 3.18. The van der Waals surface area contributed by atoms with Gasteiger partial charge in [0.05, 0.1) is 22.8 Å². The Balaban J connectivity index is 1.94. The molecule has 158 valence electrons. The van der Waals surface area contributed by atoms with Crippen LogP contribution in [0.4, 0.5) is 4.39 Å². The van der Waals surface area contributed by atoms with E-state index in [2.05, 4.69) is 30.8 Å². The number of nitrogens with zero attached hydrogens (tertiary/aromatic N) is 2. The lowest BCUT2D eigenvalue weighted by molar-refractivity contribution is 0.0508. The first-order valence-electron chi connectivity index (χ1n) is 9.04. The van der Waals surface area contributed by atoms with Crippen molar-refractivity contribution in [1.82, 2.24) is 14.9 Å². The summed E-state index contributed by atoms with van der Waals surface area (Å²) in [6.45, 7) is 1.85. The maximum absolute atomic E-state index is 13.6. The Morgan fingerprint density at radius 3 is 2.90 bits per heavy atom. The number of esters is 1. The predicted molar refractivity (Wildman–Crippen MR) is 105 cm³/mol. The van der Waals surface area contributed by atoms with Gasteiger partial charge >= 0.3 is 5.97 Å². The number of carbonyl (C=O) groups is 1. The van der Waals surface area contributed by atoms with Crippen molar-refractivity contribution < 1.29 is 26.9 Å². The molecular weight excluding hydrogens is 469 g/mol. The third kappa shape index (κ3) is 5.20. The largest absolute Gasteiger partial charge is 0.460 e. The summed E-state index contributed by atoms with van der Waals surface area (Å²) in [5.74, 6) is -1.01. The minimum atomic E-state index is -3.39. The highest BCUT2D eigenvalue weighted by molar-refractivity contribution is 9.10. The van der Waals surface area contributed by atoms with Crippen LogP contribution in [-0.2, 0) is 26.6 Å². The average molecular weight is 490 g/mol. The molecule has 1 fully saturated rings. The minimum Gasteiger partial charge on any atom is -0.460 e. The molecule has 2 atom stereocenters. The van der Waals surface area contributed by atoms with E-state index in [-0.39, 0.29) is 30.2 Å². The second kappa shape index (κ2) is 8.49. The van der Waals surface area contributed by atoms with Gasteiger partial charge < -0.3 is 9.26 Å². The van der Waals surface area contributed by atoms with Crippen LogP contribution in [0, 0.1) is 5.82 Å². The average Bonchev–Trinajstić information content (AvgIpc) is 3.25. The first kappa shape index (κ1) is 21.8. The Bertz CT molecular complexity index is 1010. The Morgan fingerprint density at radius 1 is 1.48 bits per heavy atom. The Labute approximate surface area is 176 Å². The van der Waals surface area contributed by atoms with Crippen molar-refractivity contribution in [3.8, 4) is 0 Å². The fourth-order valence-electron chi connectivity index (χ4n) is 3.72. The maximum atomic E-state index is 13.6. The van der Waals surface area contributed by atoms with Gasteiger partial charge in [-0.15, -0.1) is 0 Å². The number of sulfonamides is 1. The van der Waals surface area contributed by atoms with Crippen LogP contribution in [0.3, 0.4) is 0 Å². The van der Waals surface area contributed by atoms with Crippen molar-refractivity contribution in [3.63, 3.8) is 0 Å². The number of hydrogen-bond acceptors (Lipinski definition) is 7. The lowest BCUT2D eigenvalue weighted by Crippen LogP contribution is -2.35. The zero-order chi connectivity index (χ0) is 21.2. The van der Waals surface area contributed by atoms with E-state index in [0.717, 1.165) is 11.8 Å². The van der Waals surface area contributed by atoms with Gasteiger partial charge in [0.2, 0.25) is 15.9 Å². The van der Waals surface area contributed by atoms with Crippen molar-refractivity contribution >= 4 is 31.9 Å². The number of nitrogens with one attached hydrogen (secondary N) is 1. The predicted octanol–water partition coefficient (Wildman–Crippen LogP) is 2.73. The van der Waals surface area contributed by atoms with Crippen LogP contribution in [0.25, 0.3) is 0 Å². The summed E-state index contributed by atoms with van der Waals surface area (Å²) < 4.78 is 50.2. The van der Waals surface area contributed by atoms with E-state index in [1.807, 2.05) is 0 Å². The number of aromatic nitrogens is 2. The fourth-order valence-corrected chi connectivity index (χ4v) is 4.95. The number of hydrogen-bond donors (Lipinski definition) is 1. The number of carbonyl (C=O) groups excluding carboxylic acids is 1. The molecule has 1 aromatic heterocycles. The van der Waals surface area contributed by atoms with Gasteiger partial charge in [-0.05, 0) is 71.4 Å². The molecule has 0 aliphatic heterocycles. The molecule has 2 aromatic rings. The quantitative estimate of drug-likeness (QED) is 0.594. The second-order valence-electron chi connectivity index (χ2n) is 7.18. The van der Waals surface area contributed by atoms with Crippen LogP contribution in [-0.4, -0.2) is 43.4 Å². The first-order chi connectivity index (χ1) is 13.6. The first-order valence-corrected chi connectivity index (χ1v) is 11.7. The molecule has 1 saturated carbocycles. The normalized spacial score (nSPS) is 22.0. The zero-order valence-corrected chi connectivity index (χ0v) is 18.3. The highest BCUT2D eigenvalue weighted by Crippen LogP contribution is 2.43.